The summed E-state index contributed by atoms with van der Waals surface area (Å²) in [5.41, 5.74) is 0. The van der Waals surface area contributed by atoms with Gasteiger partial charge in [0.2, 0.25) is 0 Å². The van der Waals surface area contributed by atoms with Crippen molar-refractivity contribution in [1.82, 2.24) is 0 Å². The van der Waals surface area contributed by atoms with Gasteiger partial charge in [0.25, 0.3) is 0 Å². The fraction of sp³-hybridized carbons (Fsp3) is 0.500. The van der Waals surface area contributed by atoms with Gasteiger partial charge >= 0.3 is 0 Å². The molecule has 1 atom stereocenters. The Morgan fingerprint density at radius 2 is 2.33 bits per heavy atom. The first-order valence-electron chi connectivity index (χ1n) is 1.72. The van der Waals surface area contributed by atoms with E-state index in [1.54, 1.807) is 6.92 Å². The third-order valence-corrected chi connectivity index (χ3v) is 0.859. The first-order chi connectivity index (χ1) is 2.81. The lowest BCUT2D eigenvalue weighted by Crippen LogP contribution is -1.92. The quantitative estimate of drug-likeness (QED) is 0.379. The minimum absolute atomic E-state index is 0.0556. The number of carbonyl (C=O) groups is 1. The highest BCUT2D eigenvalue weighted by Gasteiger charge is 1.86. The molecule has 0 aromatic heterocycles. The van der Waals surface area contributed by atoms with Crippen molar-refractivity contribution in [3.63, 3.8) is 0 Å². The number of aldehydes is 1. The molecule has 0 heterocycles. The maximum Gasteiger partial charge on any atom is 0.127 e. The number of rotatable bonds is 2. The molecule has 0 radical (unpaired) electrons. The molecule has 0 aliphatic carbocycles. The third kappa shape index (κ3) is 2.03. The molecule has 0 aromatic rings. The lowest BCUT2D eigenvalue weighted by Gasteiger charge is -1.81. The number of carbonyl (C=O) groups excluding carboxylic acids is 1. The maximum atomic E-state index is 9.64. The molecule has 0 bridgehead atoms. The molecule has 34 valence electrons. The topological polar surface area (TPSA) is 17.1 Å². The van der Waals surface area contributed by atoms with E-state index in [1.165, 1.54) is 5.37 Å². The predicted octanol–water partition coefficient (Wildman–Crippen LogP) is 0.821. The highest BCUT2D eigenvalue weighted by Crippen LogP contribution is 1.78. The Morgan fingerprint density at radius 1 is 1.83 bits per heavy atom. The minimum atomic E-state index is -0.0556. The molecule has 1 unspecified atom stereocenters. The van der Waals surface area contributed by atoms with Gasteiger partial charge in [-0.1, -0.05) is 19.1 Å². The van der Waals surface area contributed by atoms with Gasteiger partial charge in [-0.05, 0) is 5.37 Å². The minimum Gasteiger partial charge on any atom is -0.303 e. The predicted molar refractivity (Wildman–Crippen MR) is 28.9 cm³/mol. The van der Waals surface area contributed by atoms with E-state index < -0.39 is 0 Å². The molecule has 0 aromatic carbocycles. The number of thiocarbonyl (C=S) groups is 1. The van der Waals surface area contributed by atoms with Gasteiger partial charge in [-0.2, -0.15) is 0 Å². The van der Waals surface area contributed by atoms with E-state index in [0.29, 0.717) is 0 Å². The molecule has 6 heavy (non-hydrogen) atoms. The fourth-order valence-corrected chi connectivity index (χ4v) is 0.0962. The molecule has 1 nitrogen and oxygen atoms in total. The second kappa shape index (κ2) is 2.97. The van der Waals surface area contributed by atoms with Crippen molar-refractivity contribution in [3.8, 4) is 0 Å². The maximum absolute atomic E-state index is 9.64. The van der Waals surface area contributed by atoms with Gasteiger partial charge in [0.1, 0.15) is 6.29 Å². The molecule has 0 spiro atoms. The van der Waals surface area contributed by atoms with Crippen LogP contribution in [0, 0.1) is 5.92 Å². The van der Waals surface area contributed by atoms with Gasteiger partial charge in [0, 0.05) is 5.92 Å². The van der Waals surface area contributed by atoms with Crippen LogP contribution in [0.5, 0.6) is 0 Å². The van der Waals surface area contributed by atoms with E-state index in [9.17, 15) is 4.79 Å². The van der Waals surface area contributed by atoms with E-state index in [2.05, 4.69) is 12.2 Å². The molecule has 0 N–H and O–H groups in total. The lowest BCUT2D eigenvalue weighted by molar-refractivity contribution is -0.108. The molecular formula is C4H6OS. The molecule has 0 rings (SSSR count). The molecule has 0 amide bonds. The van der Waals surface area contributed by atoms with Crippen molar-refractivity contribution in [3.05, 3.63) is 0 Å². The van der Waals surface area contributed by atoms with Gasteiger partial charge in [-0.3, -0.25) is 0 Å². The Morgan fingerprint density at radius 3 is 2.33 bits per heavy atom. The van der Waals surface area contributed by atoms with Gasteiger partial charge in [0.15, 0.2) is 0 Å². The number of hydrogen-bond donors (Lipinski definition) is 0. The van der Waals surface area contributed by atoms with E-state index in [0.717, 1.165) is 6.29 Å². The van der Waals surface area contributed by atoms with E-state index in [-0.39, 0.29) is 5.92 Å². The summed E-state index contributed by atoms with van der Waals surface area (Å²) in [6.45, 7) is 1.75. The Bertz CT molecular complexity index is 52.6. The summed E-state index contributed by atoms with van der Waals surface area (Å²) in [6.07, 6.45) is 0.812. The van der Waals surface area contributed by atoms with Crippen molar-refractivity contribution in [2.75, 3.05) is 0 Å². The summed E-state index contributed by atoms with van der Waals surface area (Å²) in [5.74, 6) is -0.0556. The van der Waals surface area contributed by atoms with Gasteiger partial charge in [0.05, 0.1) is 0 Å². The summed E-state index contributed by atoms with van der Waals surface area (Å²) in [4.78, 5) is 9.64. The van der Waals surface area contributed by atoms with Crippen LogP contribution < -0.4 is 0 Å². The van der Waals surface area contributed by atoms with Crippen molar-refractivity contribution in [1.29, 1.82) is 0 Å². The lowest BCUT2D eigenvalue weighted by atomic mass is 10.3. The summed E-state index contributed by atoms with van der Waals surface area (Å²) in [6, 6.07) is 0. The summed E-state index contributed by atoms with van der Waals surface area (Å²) in [7, 11) is 0. The van der Waals surface area contributed by atoms with Crippen LogP contribution in [-0.2, 0) is 4.79 Å². The smallest absolute Gasteiger partial charge is 0.127 e. The summed E-state index contributed by atoms with van der Waals surface area (Å²) in [5, 5.41) is 1.44. The van der Waals surface area contributed by atoms with Gasteiger partial charge in [-0.15, -0.1) is 0 Å². The van der Waals surface area contributed by atoms with Crippen LogP contribution in [0.25, 0.3) is 0 Å². The second-order valence-electron chi connectivity index (χ2n) is 1.13. The zero-order chi connectivity index (χ0) is 4.99. The van der Waals surface area contributed by atoms with Crippen LogP contribution >= 0.6 is 12.2 Å². The summed E-state index contributed by atoms with van der Waals surface area (Å²) < 4.78 is 0. The van der Waals surface area contributed by atoms with E-state index in [4.69, 9.17) is 0 Å². The Labute approximate surface area is 42.4 Å². The SMILES string of the molecule is CC(C=O)C=S. The van der Waals surface area contributed by atoms with Crippen molar-refractivity contribution in [2.24, 2.45) is 5.92 Å². The molecule has 0 saturated heterocycles. The average Bonchev–Trinajstić information content (AvgIpc) is 1.65. The van der Waals surface area contributed by atoms with E-state index in [1.807, 2.05) is 0 Å². The highest BCUT2D eigenvalue weighted by atomic mass is 32.1. The van der Waals surface area contributed by atoms with Crippen LogP contribution in [0.3, 0.4) is 0 Å². The summed E-state index contributed by atoms with van der Waals surface area (Å²) >= 11 is 4.42. The zero-order valence-corrected chi connectivity index (χ0v) is 4.37. The van der Waals surface area contributed by atoms with Crippen molar-refractivity contribution in [2.45, 2.75) is 6.92 Å². The van der Waals surface area contributed by atoms with Crippen molar-refractivity contribution >= 4 is 23.9 Å². The Kier molecular flexibility index (Phi) is 2.85. The molecule has 0 aliphatic heterocycles. The van der Waals surface area contributed by atoms with Crippen LogP contribution in [0.15, 0.2) is 0 Å². The standard InChI is InChI=1S/C4H6OS/c1-4(2-5)3-6/h2-4H,1H3. The van der Waals surface area contributed by atoms with Gasteiger partial charge < -0.3 is 4.79 Å². The van der Waals surface area contributed by atoms with Crippen LogP contribution in [0.4, 0.5) is 0 Å². The van der Waals surface area contributed by atoms with Crippen molar-refractivity contribution < 1.29 is 4.79 Å². The molecule has 0 fully saturated rings. The van der Waals surface area contributed by atoms with E-state index >= 15 is 0 Å². The molecule has 0 aliphatic rings. The first-order valence-corrected chi connectivity index (χ1v) is 2.19. The average molecular weight is 102 g/mol. The Balaban J connectivity index is 3.21. The van der Waals surface area contributed by atoms with Crippen LogP contribution in [0.1, 0.15) is 6.92 Å². The molecule has 0 saturated carbocycles. The second-order valence-corrected chi connectivity index (χ2v) is 1.40. The highest BCUT2D eigenvalue weighted by molar-refractivity contribution is 7.79. The first kappa shape index (κ1) is 5.76. The molecule has 2 heteroatoms. The van der Waals surface area contributed by atoms with Gasteiger partial charge in [-0.25, -0.2) is 0 Å². The normalized spacial score (nSPS) is 12.8. The monoisotopic (exact) mass is 102 g/mol. The number of hydrogen-bond acceptors (Lipinski definition) is 2. The molecular weight excluding hydrogens is 96.1 g/mol. The third-order valence-electron chi connectivity index (χ3n) is 0.429. The van der Waals surface area contributed by atoms with Crippen LogP contribution in [-0.4, -0.2) is 11.7 Å². The van der Waals surface area contributed by atoms with Crippen LogP contribution in [0.2, 0.25) is 0 Å². The Hall–Kier alpha value is -0.240. The fourth-order valence-electron chi connectivity index (χ4n) is 0.0321. The zero-order valence-electron chi connectivity index (χ0n) is 3.55. The largest absolute Gasteiger partial charge is 0.303 e.